The SMILES string of the molecule is Cc1cccc(NC(=O)C(=O)N(C)C2CCN(C)CC2)c1. The van der Waals surface area contributed by atoms with Crippen LogP contribution in [0.15, 0.2) is 24.3 Å². The molecule has 0 radical (unpaired) electrons. The quantitative estimate of drug-likeness (QED) is 0.839. The van der Waals surface area contributed by atoms with Crippen molar-refractivity contribution >= 4 is 17.5 Å². The molecular formula is C16H23N3O2. The Labute approximate surface area is 125 Å². The molecule has 1 fully saturated rings. The van der Waals surface area contributed by atoms with Crippen molar-refractivity contribution in [2.24, 2.45) is 0 Å². The van der Waals surface area contributed by atoms with Crippen molar-refractivity contribution in [3.63, 3.8) is 0 Å². The predicted octanol–water partition coefficient (Wildman–Crippen LogP) is 1.49. The number of anilines is 1. The van der Waals surface area contributed by atoms with E-state index in [0.717, 1.165) is 31.5 Å². The van der Waals surface area contributed by atoms with Crippen LogP contribution in [0.5, 0.6) is 0 Å². The minimum atomic E-state index is -0.568. The van der Waals surface area contributed by atoms with E-state index < -0.39 is 11.8 Å². The average Bonchev–Trinajstić information content (AvgIpc) is 2.46. The van der Waals surface area contributed by atoms with E-state index in [9.17, 15) is 9.59 Å². The Bertz CT molecular complexity index is 522. The molecule has 2 amide bonds. The molecule has 1 N–H and O–H groups in total. The highest BCUT2D eigenvalue weighted by molar-refractivity contribution is 6.39. The van der Waals surface area contributed by atoms with Crippen LogP contribution in [0.25, 0.3) is 0 Å². The molecule has 0 spiro atoms. The largest absolute Gasteiger partial charge is 0.334 e. The van der Waals surface area contributed by atoms with Crippen molar-refractivity contribution in [2.45, 2.75) is 25.8 Å². The maximum absolute atomic E-state index is 12.2. The molecule has 0 saturated carbocycles. The van der Waals surface area contributed by atoms with E-state index in [1.54, 1.807) is 18.0 Å². The number of hydrogen-bond donors (Lipinski definition) is 1. The van der Waals surface area contributed by atoms with Crippen molar-refractivity contribution in [3.05, 3.63) is 29.8 Å². The fourth-order valence-electron chi connectivity index (χ4n) is 2.62. The third-order valence-electron chi connectivity index (χ3n) is 4.03. The lowest BCUT2D eigenvalue weighted by atomic mass is 10.0. The second-order valence-corrected chi connectivity index (χ2v) is 5.77. The first kappa shape index (κ1) is 15.5. The van der Waals surface area contributed by atoms with Crippen LogP contribution in [0.2, 0.25) is 0 Å². The summed E-state index contributed by atoms with van der Waals surface area (Å²) in [6.45, 7) is 3.87. The number of carbonyl (C=O) groups excluding carboxylic acids is 2. The first-order valence-corrected chi connectivity index (χ1v) is 7.30. The van der Waals surface area contributed by atoms with Crippen LogP contribution in [0.1, 0.15) is 18.4 Å². The van der Waals surface area contributed by atoms with Crippen molar-refractivity contribution in [1.82, 2.24) is 9.80 Å². The normalized spacial score (nSPS) is 16.5. The molecule has 21 heavy (non-hydrogen) atoms. The highest BCUT2D eigenvalue weighted by Gasteiger charge is 2.27. The molecule has 1 aliphatic heterocycles. The summed E-state index contributed by atoms with van der Waals surface area (Å²) in [4.78, 5) is 28.1. The van der Waals surface area contributed by atoms with Gasteiger partial charge in [-0.1, -0.05) is 12.1 Å². The van der Waals surface area contributed by atoms with E-state index in [1.165, 1.54) is 0 Å². The zero-order chi connectivity index (χ0) is 15.4. The summed E-state index contributed by atoms with van der Waals surface area (Å²) in [5.41, 5.74) is 1.70. The van der Waals surface area contributed by atoms with Crippen LogP contribution >= 0.6 is 0 Å². The van der Waals surface area contributed by atoms with Gasteiger partial charge in [0.1, 0.15) is 0 Å². The second-order valence-electron chi connectivity index (χ2n) is 5.77. The van der Waals surface area contributed by atoms with Gasteiger partial charge in [-0.2, -0.15) is 0 Å². The highest BCUT2D eigenvalue weighted by Crippen LogP contribution is 2.15. The summed E-state index contributed by atoms with van der Waals surface area (Å²) in [6, 6.07) is 7.59. The minimum Gasteiger partial charge on any atom is -0.334 e. The van der Waals surface area contributed by atoms with Crippen molar-refractivity contribution in [3.8, 4) is 0 Å². The zero-order valence-corrected chi connectivity index (χ0v) is 12.9. The molecule has 5 nitrogen and oxygen atoms in total. The Morgan fingerprint density at radius 3 is 2.57 bits per heavy atom. The molecule has 0 aromatic heterocycles. The van der Waals surface area contributed by atoms with Crippen LogP contribution in [-0.2, 0) is 9.59 Å². The van der Waals surface area contributed by atoms with Gasteiger partial charge >= 0.3 is 11.8 Å². The molecule has 1 aliphatic rings. The summed E-state index contributed by atoms with van der Waals surface area (Å²) < 4.78 is 0. The maximum atomic E-state index is 12.2. The van der Waals surface area contributed by atoms with Gasteiger partial charge in [0.25, 0.3) is 0 Å². The smallest absolute Gasteiger partial charge is 0.313 e. The Morgan fingerprint density at radius 2 is 1.95 bits per heavy atom. The van der Waals surface area contributed by atoms with Gasteiger partial charge in [0.15, 0.2) is 0 Å². The third-order valence-corrected chi connectivity index (χ3v) is 4.03. The Balaban J connectivity index is 1.94. The zero-order valence-electron chi connectivity index (χ0n) is 12.9. The van der Waals surface area contributed by atoms with Crippen LogP contribution in [-0.4, -0.2) is 54.8 Å². The van der Waals surface area contributed by atoms with Crippen molar-refractivity contribution in [2.75, 3.05) is 32.5 Å². The van der Waals surface area contributed by atoms with Gasteiger partial charge in [0, 0.05) is 18.8 Å². The van der Waals surface area contributed by atoms with E-state index in [-0.39, 0.29) is 6.04 Å². The fourth-order valence-corrected chi connectivity index (χ4v) is 2.62. The van der Waals surface area contributed by atoms with E-state index in [4.69, 9.17) is 0 Å². The second kappa shape index (κ2) is 6.72. The first-order chi connectivity index (χ1) is 9.97. The van der Waals surface area contributed by atoms with Gasteiger partial charge in [0.2, 0.25) is 0 Å². The number of carbonyl (C=O) groups is 2. The number of hydrogen-bond acceptors (Lipinski definition) is 3. The maximum Gasteiger partial charge on any atom is 0.313 e. The van der Waals surface area contributed by atoms with Gasteiger partial charge < -0.3 is 15.1 Å². The predicted molar refractivity (Wildman–Crippen MR) is 83.1 cm³/mol. The molecule has 1 aromatic carbocycles. The van der Waals surface area contributed by atoms with Crippen molar-refractivity contribution in [1.29, 1.82) is 0 Å². The standard InChI is InChI=1S/C16H23N3O2/c1-12-5-4-6-13(11-12)17-15(20)16(21)19(3)14-7-9-18(2)10-8-14/h4-6,11,14H,7-10H2,1-3H3,(H,17,20). The summed E-state index contributed by atoms with van der Waals surface area (Å²) in [5.74, 6) is -1.03. The molecule has 0 aliphatic carbocycles. The van der Waals surface area contributed by atoms with E-state index in [2.05, 4.69) is 17.3 Å². The van der Waals surface area contributed by atoms with Crippen LogP contribution in [0.4, 0.5) is 5.69 Å². The molecular weight excluding hydrogens is 266 g/mol. The van der Waals surface area contributed by atoms with E-state index in [0.29, 0.717) is 5.69 Å². The molecule has 1 aromatic rings. The van der Waals surface area contributed by atoms with Crippen LogP contribution < -0.4 is 5.32 Å². The van der Waals surface area contributed by atoms with Crippen LogP contribution in [0.3, 0.4) is 0 Å². The number of piperidine rings is 1. The number of rotatable bonds is 2. The lowest BCUT2D eigenvalue weighted by Crippen LogP contribution is -2.47. The Morgan fingerprint density at radius 1 is 1.29 bits per heavy atom. The summed E-state index contributed by atoms with van der Waals surface area (Å²) in [5, 5.41) is 2.67. The molecule has 5 heteroatoms. The number of likely N-dealkylation sites (N-methyl/N-ethyl adjacent to an activating group) is 1. The first-order valence-electron chi connectivity index (χ1n) is 7.30. The van der Waals surface area contributed by atoms with Gasteiger partial charge in [-0.3, -0.25) is 9.59 Å². The monoisotopic (exact) mass is 289 g/mol. The summed E-state index contributed by atoms with van der Waals surface area (Å²) in [7, 11) is 3.79. The number of benzene rings is 1. The minimum absolute atomic E-state index is 0.150. The molecule has 1 saturated heterocycles. The van der Waals surface area contributed by atoms with Gasteiger partial charge in [-0.15, -0.1) is 0 Å². The van der Waals surface area contributed by atoms with Crippen LogP contribution in [0, 0.1) is 6.92 Å². The number of amides is 2. The van der Waals surface area contributed by atoms with Crippen molar-refractivity contribution < 1.29 is 9.59 Å². The van der Waals surface area contributed by atoms with Gasteiger partial charge in [-0.05, 0) is 57.6 Å². The summed E-state index contributed by atoms with van der Waals surface area (Å²) in [6.07, 6.45) is 1.83. The Kier molecular flexibility index (Phi) is 4.96. The molecule has 0 bridgehead atoms. The number of nitrogens with zero attached hydrogens (tertiary/aromatic N) is 2. The van der Waals surface area contributed by atoms with E-state index in [1.807, 2.05) is 25.1 Å². The van der Waals surface area contributed by atoms with Gasteiger partial charge in [0.05, 0.1) is 0 Å². The number of nitrogens with one attached hydrogen (secondary N) is 1. The molecule has 114 valence electrons. The fraction of sp³-hybridized carbons (Fsp3) is 0.500. The number of aryl methyl sites for hydroxylation is 1. The van der Waals surface area contributed by atoms with E-state index >= 15 is 0 Å². The number of likely N-dealkylation sites (tertiary alicyclic amines) is 1. The molecule has 2 rings (SSSR count). The Hall–Kier alpha value is -1.88. The average molecular weight is 289 g/mol. The van der Waals surface area contributed by atoms with Gasteiger partial charge in [-0.25, -0.2) is 0 Å². The highest BCUT2D eigenvalue weighted by atomic mass is 16.2. The summed E-state index contributed by atoms with van der Waals surface area (Å²) >= 11 is 0. The lowest BCUT2D eigenvalue weighted by molar-refractivity contribution is -0.144. The molecule has 1 heterocycles. The lowest BCUT2D eigenvalue weighted by Gasteiger charge is -2.34. The molecule has 0 atom stereocenters. The topological polar surface area (TPSA) is 52.7 Å². The third kappa shape index (κ3) is 4.04. The molecule has 0 unspecified atom stereocenters.